The summed E-state index contributed by atoms with van der Waals surface area (Å²) < 4.78 is 0. The van der Waals surface area contributed by atoms with E-state index < -0.39 is 0 Å². The maximum Gasteiger partial charge on any atom is 0.222 e. The smallest absolute Gasteiger partial charge is 0.222 e. The first-order valence-electron chi connectivity index (χ1n) is 8.95. The highest BCUT2D eigenvalue weighted by atomic mass is 35.5. The Bertz CT molecular complexity index is 525. The van der Waals surface area contributed by atoms with Crippen LogP contribution in [-0.4, -0.2) is 61.4 Å². The summed E-state index contributed by atoms with van der Waals surface area (Å²) in [4.78, 5) is 28.5. The normalized spacial score (nSPS) is 14.6. The summed E-state index contributed by atoms with van der Waals surface area (Å²) in [5.74, 6) is 0.409. The molecule has 6 heteroatoms. The van der Waals surface area contributed by atoms with E-state index in [2.05, 4.69) is 17.4 Å². The zero-order valence-electron chi connectivity index (χ0n) is 15.1. The van der Waals surface area contributed by atoms with Crippen molar-refractivity contribution in [2.24, 2.45) is 0 Å². The van der Waals surface area contributed by atoms with E-state index in [0.717, 1.165) is 38.9 Å². The summed E-state index contributed by atoms with van der Waals surface area (Å²) >= 11 is 0. The molecular formula is C19H30ClN3O2. The SMILES string of the molecule is CNCCCC(=O)N1CCCN(C(=O)CCc2ccccc2)CC1.Cl. The highest BCUT2D eigenvalue weighted by molar-refractivity contribution is 5.85. The first-order valence-corrected chi connectivity index (χ1v) is 8.95. The minimum Gasteiger partial charge on any atom is -0.341 e. The van der Waals surface area contributed by atoms with Crippen LogP contribution < -0.4 is 5.32 Å². The van der Waals surface area contributed by atoms with Crippen molar-refractivity contribution in [3.8, 4) is 0 Å². The van der Waals surface area contributed by atoms with Gasteiger partial charge in [0.25, 0.3) is 0 Å². The zero-order chi connectivity index (χ0) is 17.2. The summed E-state index contributed by atoms with van der Waals surface area (Å²) in [6.45, 7) is 3.71. The number of aryl methyl sites for hydroxylation is 1. The Labute approximate surface area is 157 Å². The molecule has 0 aromatic heterocycles. The number of benzene rings is 1. The molecule has 0 spiro atoms. The largest absolute Gasteiger partial charge is 0.341 e. The fraction of sp³-hybridized carbons (Fsp3) is 0.579. The van der Waals surface area contributed by atoms with Gasteiger partial charge in [-0.3, -0.25) is 9.59 Å². The van der Waals surface area contributed by atoms with Crippen molar-refractivity contribution in [1.29, 1.82) is 0 Å². The summed E-state index contributed by atoms with van der Waals surface area (Å²) in [6.07, 6.45) is 3.64. The van der Waals surface area contributed by atoms with E-state index >= 15 is 0 Å². The molecule has 1 aromatic carbocycles. The van der Waals surface area contributed by atoms with Crippen molar-refractivity contribution in [2.45, 2.75) is 32.1 Å². The van der Waals surface area contributed by atoms with E-state index in [9.17, 15) is 9.59 Å². The third kappa shape index (κ3) is 7.45. The maximum atomic E-state index is 12.4. The summed E-state index contributed by atoms with van der Waals surface area (Å²) in [6, 6.07) is 10.1. The van der Waals surface area contributed by atoms with Crippen LogP contribution in [0.1, 0.15) is 31.2 Å². The van der Waals surface area contributed by atoms with E-state index in [1.807, 2.05) is 35.0 Å². The third-order valence-electron chi connectivity index (χ3n) is 4.49. The highest BCUT2D eigenvalue weighted by Gasteiger charge is 2.21. The second kappa shape index (κ2) is 11.9. The Morgan fingerprint density at radius 2 is 1.56 bits per heavy atom. The molecule has 0 unspecified atom stereocenters. The van der Waals surface area contributed by atoms with E-state index in [4.69, 9.17) is 0 Å². The topological polar surface area (TPSA) is 52.7 Å². The van der Waals surface area contributed by atoms with E-state index in [-0.39, 0.29) is 24.2 Å². The number of rotatable bonds is 7. The van der Waals surface area contributed by atoms with Gasteiger partial charge in [-0.25, -0.2) is 0 Å². The number of nitrogens with one attached hydrogen (secondary N) is 1. The van der Waals surface area contributed by atoms with Crippen LogP contribution in [0.2, 0.25) is 0 Å². The van der Waals surface area contributed by atoms with Gasteiger partial charge in [0.05, 0.1) is 0 Å². The van der Waals surface area contributed by atoms with Crippen molar-refractivity contribution >= 4 is 24.2 Å². The van der Waals surface area contributed by atoms with Crippen molar-refractivity contribution in [2.75, 3.05) is 39.8 Å². The summed E-state index contributed by atoms with van der Waals surface area (Å²) in [5.41, 5.74) is 1.20. The van der Waals surface area contributed by atoms with Gasteiger partial charge in [-0.1, -0.05) is 30.3 Å². The lowest BCUT2D eigenvalue weighted by Gasteiger charge is -2.22. The van der Waals surface area contributed by atoms with Crippen LogP contribution >= 0.6 is 12.4 Å². The van der Waals surface area contributed by atoms with Gasteiger partial charge in [-0.2, -0.15) is 0 Å². The molecule has 1 fully saturated rings. The number of carbonyl (C=O) groups excluding carboxylic acids is 2. The van der Waals surface area contributed by atoms with Crippen LogP contribution in [0.3, 0.4) is 0 Å². The van der Waals surface area contributed by atoms with Crippen LogP contribution in [0.4, 0.5) is 0 Å². The standard InChI is InChI=1S/C19H29N3O2.ClH/c1-20-12-5-9-18(23)21-13-6-14-22(16-15-21)19(24)11-10-17-7-3-2-4-8-17;/h2-4,7-8,20H,5-6,9-16H2,1H3;1H. The lowest BCUT2D eigenvalue weighted by Crippen LogP contribution is -2.37. The van der Waals surface area contributed by atoms with Crippen LogP contribution in [0.5, 0.6) is 0 Å². The molecule has 2 rings (SSSR count). The Morgan fingerprint density at radius 1 is 0.960 bits per heavy atom. The van der Waals surface area contributed by atoms with Gasteiger partial charge in [-0.05, 0) is 38.4 Å². The van der Waals surface area contributed by atoms with Gasteiger partial charge in [-0.15, -0.1) is 12.4 Å². The molecule has 1 heterocycles. The number of carbonyl (C=O) groups is 2. The Balaban J connectivity index is 0.00000312. The number of hydrogen-bond acceptors (Lipinski definition) is 3. The van der Waals surface area contributed by atoms with Crippen molar-refractivity contribution < 1.29 is 9.59 Å². The molecule has 1 N–H and O–H groups in total. The first kappa shape index (κ1) is 21.5. The van der Waals surface area contributed by atoms with Gasteiger partial charge in [0.2, 0.25) is 11.8 Å². The Kier molecular flexibility index (Phi) is 10.2. The van der Waals surface area contributed by atoms with E-state index in [0.29, 0.717) is 25.9 Å². The molecule has 1 saturated heterocycles. The van der Waals surface area contributed by atoms with Gasteiger partial charge in [0, 0.05) is 39.0 Å². The average molecular weight is 368 g/mol. The molecule has 0 bridgehead atoms. The molecule has 1 aliphatic rings. The molecule has 0 atom stereocenters. The second-order valence-corrected chi connectivity index (χ2v) is 6.31. The third-order valence-corrected chi connectivity index (χ3v) is 4.49. The summed E-state index contributed by atoms with van der Waals surface area (Å²) in [5, 5.41) is 3.06. The summed E-state index contributed by atoms with van der Waals surface area (Å²) in [7, 11) is 1.90. The molecule has 2 amide bonds. The highest BCUT2D eigenvalue weighted by Crippen LogP contribution is 2.09. The molecule has 0 aliphatic carbocycles. The zero-order valence-corrected chi connectivity index (χ0v) is 15.9. The van der Waals surface area contributed by atoms with E-state index in [1.165, 1.54) is 5.56 Å². The Hall–Kier alpha value is -1.59. The van der Waals surface area contributed by atoms with Gasteiger partial charge in [0.1, 0.15) is 0 Å². The van der Waals surface area contributed by atoms with Crippen LogP contribution in [0.15, 0.2) is 30.3 Å². The van der Waals surface area contributed by atoms with Crippen LogP contribution in [-0.2, 0) is 16.0 Å². The number of amides is 2. The fourth-order valence-electron chi connectivity index (χ4n) is 3.04. The quantitative estimate of drug-likeness (QED) is 0.751. The average Bonchev–Trinajstić information content (AvgIpc) is 2.87. The monoisotopic (exact) mass is 367 g/mol. The fourth-order valence-corrected chi connectivity index (χ4v) is 3.04. The number of nitrogens with zero attached hydrogens (tertiary/aromatic N) is 2. The lowest BCUT2D eigenvalue weighted by molar-refractivity contribution is -0.133. The molecule has 140 valence electrons. The van der Waals surface area contributed by atoms with Crippen LogP contribution in [0.25, 0.3) is 0 Å². The molecular weight excluding hydrogens is 338 g/mol. The van der Waals surface area contributed by atoms with Gasteiger partial charge >= 0.3 is 0 Å². The minimum absolute atomic E-state index is 0. The molecule has 1 aliphatic heterocycles. The predicted molar refractivity (Wildman–Crippen MR) is 103 cm³/mol. The van der Waals surface area contributed by atoms with E-state index in [1.54, 1.807) is 0 Å². The number of halogens is 1. The van der Waals surface area contributed by atoms with Crippen LogP contribution in [0, 0.1) is 0 Å². The minimum atomic E-state index is 0. The first-order chi connectivity index (χ1) is 11.7. The van der Waals surface area contributed by atoms with Crippen molar-refractivity contribution in [3.05, 3.63) is 35.9 Å². The lowest BCUT2D eigenvalue weighted by atomic mass is 10.1. The molecule has 0 saturated carbocycles. The molecule has 1 aromatic rings. The van der Waals surface area contributed by atoms with Gasteiger partial charge < -0.3 is 15.1 Å². The maximum absolute atomic E-state index is 12.4. The second-order valence-electron chi connectivity index (χ2n) is 6.31. The number of hydrogen-bond donors (Lipinski definition) is 1. The molecule has 25 heavy (non-hydrogen) atoms. The predicted octanol–water partition coefficient (Wildman–Crippen LogP) is 2.10. The van der Waals surface area contributed by atoms with Crippen molar-refractivity contribution in [1.82, 2.24) is 15.1 Å². The Morgan fingerprint density at radius 3 is 2.16 bits per heavy atom. The molecule has 5 nitrogen and oxygen atoms in total. The van der Waals surface area contributed by atoms with Gasteiger partial charge in [0.15, 0.2) is 0 Å². The van der Waals surface area contributed by atoms with Crippen molar-refractivity contribution in [3.63, 3.8) is 0 Å². The molecule has 0 radical (unpaired) electrons.